The van der Waals surface area contributed by atoms with Gasteiger partial charge in [0.15, 0.2) is 0 Å². The standard InChI is InChI=1S/C13H16O/c1-10-8-11(2)14-13(9-10)12-6-4-3-5-7-12/h3-8,11,13H,9H2,1-2H3/t11-,13+/m0/s1. The molecule has 1 nitrogen and oxygen atoms in total. The van der Waals surface area contributed by atoms with Gasteiger partial charge in [-0.25, -0.2) is 0 Å². The third-order valence-corrected chi connectivity index (χ3v) is 2.58. The van der Waals surface area contributed by atoms with Crippen molar-refractivity contribution in [1.82, 2.24) is 0 Å². The highest BCUT2D eigenvalue weighted by atomic mass is 16.5. The number of hydrogen-bond acceptors (Lipinski definition) is 1. The molecule has 1 aliphatic heterocycles. The number of rotatable bonds is 1. The summed E-state index contributed by atoms with van der Waals surface area (Å²) in [6.45, 7) is 4.27. The van der Waals surface area contributed by atoms with E-state index in [0.717, 1.165) is 6.42 Å². The number of hydrogen-bond donors (Lipinski definition) is 0. The predicted octanol–water partition coefficient (Wildman–Crippen LogP) is 3.48. The van der Waals surface area contributed by atoms with Gasteiger partial charge in [0.25, 0.3) is 0 Å². The first-order chi connectivity index (χ1) is 6.75. The van der Waals surface area contributed by atoms with Crippen molar-refractivity contribution in [2.75, 3.05) is 0 Å². The van der Waals surface area contributed by atoms with Crippen LogP contribution in [0.15, 0.2) is 42.0 Å². The first-order valence-corrected chi connectivity index (χ1v) is 5.13. The molecule has 0 saturated carbocycles. The molecule has 2 rings (SSSR count). The first-order valence-electron chi connectivity index (χ1n) is 5.13. The molecule has 0 fully saturated rings. The molecule has 0 unspecified atom stereocenters. The summed E-state index contributed by atoms with van der Waals surface area (Å²) in [5, 5.41) is 0. The summed E-state index contributed by atoms with van der Waals surface area (Å²) in [5.74, 6) is 0. The van der Waals surface area contributed by atoms with Crippen LogP contribution in [0.5, 0.6) is 0 Å². The highest BCUT2D eigenvalue weighted by molar-refractivity contribution is 5.21. The van der Waals surface area contributed by atoms with Crippen molar-refractivity contribution in [3.63, 3.8) is 0 Å². The van der Waals surface area contributed by atoms with Crippen LogP contribution in [0.4, 0.5) is 0 Å². The topological polar surface area (TPSA) is 9.23 Å². The summed E-state index contributed by atoms with van der Waals surface area (Å²) in [7, 11) is 0. The van der Waals surface area contributed by atoms with Crippen LogP contribution in [0.2, 0.25) is 0 Å². The minimum atomic E-state index is 0.244. The van der Waals surface area contributed by atoms with Gasteiger partial charge in [-0.2, -0.15) is 0 Å². The Labute approximate surface area is 85.4 Å². The van der Waals surface area contributed by atoms with E-state index >= 15 is 0 Å². The summed E-state index contributed by atoms with van der Waals surface area (Å²) in [6.07, 6.45) is 3.71. The van der Waals surface area contributed by atoms with Crippen LogP contribution in [0, 0.1) is 0 Å². The smallest absolute Gasteiger partial charge is 0.0869 e. The van der Waals surface area contributed by atoms with Crippen LogP contribution in [0.1, 0.15) is 31.9 Å². The van der Waals surface area contributed by atoms with Gasteiger partial charge in [0, 0.05) is 0 Å². The lowest BCUT2D eigenvalue weighted by molar-refractivity contribution is 0.0114. The van der Waals surface area contributed by atoms with Crippen molar-refractivity contribution in [2.45, 2.75) is 32.5 Å². The minimum Gasteiger partial charge on any atom is -0.366 e. The van der Waals surface area contributed by atoms with Gasteiger partial charge in [-0.3, -0.25) is 0 Å². The zero-order valence-corrected chi connectivity index (χ0v) is 8.73. The van der Waals surface area contributed by atoms with Gasteiger partial charge >= 0.3 is 0 Å². The molecule has 2 atom stereocenters. The van der Waals surface area contributed by atoms with E-state index in [-0.39, 0.29) is 12.2 Å². The van der Waals surface area contributed by atoms with Gasteiger partial charge in [0.05, 0.1) is 12.2 Å². The normalized spacial score (nSPS) is 27.1. The van der Waals surface area contributed by atoms with Gasteiger partial charge in [0.1, 0.15) is 0 Å². The Kier molecular flexibility index (Phi) is 2.69. The van der Waals surface area contributed by atoms with Gasteiger partial charge in [-0.15, -0.1) is 0 Å². The summed E-state index contributed by atoms with van der Waals surface area (Å²) in [6, 6.07) is 10.4. The van der Waals surface area contributed by atoms with E-state index in [2.05, 4.69) is 44.2 Å². The summed E-state index contributed by atoms with van der Waals surface area (Å²) in [5.41, 5.74) is 2.71. The third kappa shape index (κ3) is 2.05. The fourth-order valence-corrected chi connectivity index (χ4v) is 1.97. The van der Waals surface area contributed by atoms with Crippen molar-refractivity contribution in [2.24, 2.45) is 0 Å². The van der Waals surface area contributed by atoms with E-state index < -0.39 is 0 Å². The predicted molar refractivity (Wildman–Crippen MR) is 58.1 cm³/mol. The Bertz CT molecular complexity index is 326. The van der Waals surface area contributed by atoms with Gasteiger partial charge < -0.3 is 4.74 Å². The van der Waals surface area contributed by atoms with Gasteiger partial charge in [-0.1, -0.05) is 42.0 Å². The van der Waals surface area contributed by atoms with Crippen LogP contribution >= 0.6 is 0 Å². The summed E-state index contributed by atoms with van der Waals surface area (Å²) >= 11 is 0. The Morgan fingerprint density at radius 1 is 1.21 bits per heavy atom. The van der Waals surface area contributed by atoms with E-state index in [0.29, 0.717) is 0 Å². The molecular weight excluding hydrogens is 172 g/mol. The maximum Gasteiger partial charge on any atom is 0.0869 e. The second kappa shape index (κ2) is 3.97. The third-order valence-electron chi connectivity index (χ3n) is 2.58. The highest BCUT2D eigenvalue weighted by Gasteiger charge is 2.19. The fraction of sp³-hybridized carbons (Fsp3) is 0.385. The zero-order valence-electron chi connectivity index (χ0n) is 8.73. The van der Waals surface area contributed by atoms with Crippen LogP contribution < -0.4 is 0 Å². The second-order valence-corrected chi connectivity index (χ2v) is 3.96. The molecule has 0 bridgehead atoms. The maximum absolute atomic E-state index is 5.87. The largest absolute Gasteiger partial charge is 0.366 e. The SMILES string of the molecule is CC1=C[C@H](C)O[C@@H](c2ccccc2)C1. The number of ether oxygens (including phenoxy) is 1. The molecule has 0 aliphatic carbocycles. The van der Waals surface area contributed by atoms with E-state index in [1.165, 1.54) is 11.1 Å². The van der Waals surface area contributed by atoms with Crippen molar-refractivity contribution in [1.29, 1.82) is 0 Å². The average molecular weight is 188 g/mol. The fourth-order valence-electron chi connectivity index (χ4n) is 1.97. The Morgan fingerprint density at radius 3 is 2.57 bits per heavy atom. The van der Waals surface area contributed by atoms with Crippen molar-refractivity contribution < 1.29 is 4.74 Å². The van der Waals surface area contributed by atoms with Gasteiger partial charge in [0.2, 0.25) is 0 Å². The molecule has 1 aromatic carbocycles. The Morgan fingerprint density at radius 2 is 1.93 bits per heavy atom. The summed E-state index contributed by atoms with van der Waals surface area (Å²) in [4.78, 5) is 0. The molecule has 0 N–H and O–H groups in total. The Balaban J connectivity index is 2.18. The molecule has 0 aromatic heterocycles. The Hall–Kier alpha value is -1.08. The molecule has 14 heavy (non-hydrogen) atoms. The maximum atomic E-state index is 5.87. The van der Waals surface area contributed by atoms with Crippen molar-refractivity contribution in [3.05, 3.63) is 47.5 Å². The molecule has 0 radical (unpaired) electrons. The van der Waals surface area contributed by atoms with E-state index in [9.17, 15) is 0 Å². The van der Waals surface area contributed by atoms with E-state index in [1.807, 2.05) is 6.07 Å². The van der Waals surface area contributed by atoms with Crippen LogP contribution in [0.25, 0.3) is 0 Å². The quantitative estimate of drug-likeness (QED) is 0.613. The second-order valence-electron chi connectivity index (χ2n) is 3.96. The van der Waals surface area contributed by atoms with Crippen LogP contribution in [0.3, 0.4) is 0 Å². The summed E-state index contributed by atoms with van der Waals surface area (Å²) < 4.78 is 5.87. The molecule has 0 spiro atoms. The van der Waals surface area contributed by atoms with E-state index in [1.54, 1.807) is 0 Å². The van der Waals surface area contributed by atoms with Crippen LogP contribution in [-0.4, -0.2) is 6.10 Å². The molecule has 1 aliphatic rings. The molecule has 1 heteroatoms. The molecule has 74 valence electrons. The van der Waals surface area contributed by atoms with Crippen molar-refractivity contribution >= 4 is 0 Å². The minimum absolute atomic E-state index is 0.244. The van der Waals surface area contributed by atoms with E-state index in [4.69, 9.17) is 4.74 Å². The average Bonchev–Trinajstić information content (AvgIpc) is 2.18. The molecular formula is C13H16O. The lowest BCUT2D eigenvalue weighted by atomic mass is 9.98. The number of benzene rings is 1. The van der Waals surface area contributed by atoms with Crippen LogP contribution in [-0.2, 0) is 4.74 Å². The zero-order chi connectivity index (χ0) is 9.97. The highest BCUT2D eigenvalue weighted by Crippen LogP contribution is 2.30. The monoisotopic (exact) mass is 188 g/mol. The van der Waals surface area contributed by atoms with Gasteiger partial charge in [-0.05, 0) is 25.8 Å². The molecule has 1 heterocycles. The first kappa shape index (κ1) is 9.47. The lowest BCUT2D eigenvalue weighted by Crippen LogP contribution is -2.17. The van der Waals surface area contributed by atoms with Crippen molar-refractivity contribution in [3.8, 4) is 0 Å². The molecule has 1 aromatic rings. The molecule has 0 amide bonds. The molecule has 0 saturated heterocycles. The lowest BCUT2D eigenvalue weighted by Gasteiger charge is -2.26.